The zero-order valence-corrected chi connectivity index (χ0v) is 13.0. The summed E-state index contributed by atoms with van der Waals surface area (Å²) in [5.41, 5.74) is 0.274. The number of hydrogen-bond donors (Lipinski definition) is 1. The lowest BCUT2D eigenvalue weighted by atomic mass is 10.3. The second kappa shape index (κ2) is 7.36. The van der Waals surface area contributed by atoms with Crippen LogP contribution in [0.25, 0.3) is 5.69 Å². The Morgan fingerprint density at radius 3 is 2.71 bits per heavy atom. The van der Waals surface area contributed by atoms with E-state index in [1.807, 2.05) is 0 Å². The molecule has 0 bridgehead atoms. The fourth-order valence-electron chi connectivity index (χ4n) is 2.15. The molecule has 126 valence electrons. The molecule has 0 aliphatic carbocycles. The number of rotatable bonds is 7. The van der Waals surface area contributed by atoms with Gasteiger partial charge in [-0.05, 0) is 18.6 Å². The van der Waals surface area contributed by atoms with Crippen molar-refractivity contribution >= 4 is 17.6 Å². The number of nitrogens with zero attached hydrogens (tertiary/aromatic N) is 4. The molecule has 1 N–H and O–H groups in total. The number of amides is 1. The van der Waals surface area contributed by atoms with Gasteiger partial charge in [0.2, 0.25) is 0 Å². The van der Waals surface area contributed by atoms with E-state index < -0.39 is 10.9 Å². The van der Waals surface area contributed by atoms with E-state index in [1.165, 1.54) is 34.0 Å². The SMILES string of the molecule is CN(CCCC(=O)O)C(=O)c1ccn(-c2ccccc2[N+](=O)[O-])n1. The number of aromatic nitrogens is 2. The quantitative estimate of drug-likeness (QED) is 0.609. The molecule has 0 radical (unpaired) electrons. The van der Waals surface area contributed by atoms with Gasteiger partial charge in [-0.25, -0.2) is 4.68 Å². The van der Waals surface area contributed by atoms with Crippen LogP contribution < -0.4 is 0 Å². The average Bonchev–Trinajstić information content (AvgIpc) is 3.03. The zero-order valence-electron chi connectivity index (χ0n) is 13.0. The Bertz CT molecular complexity index is 771. The van der Waals surface area contributed by atoms with E-state index >= 15 is 0 Å². The third-order valence-corrected chi connectivity index (χ3v) is 3.36. The lowest BCUT2D eigenvalue weighted by Gasteiger charge is -2.14. The minimum absolute atomic E-state index is 0.0255. The van der Waals surface area contributed by atoms with E-state index in [-0.39, 0.29) is 35.9 Å². The second-order valence-corrected chi connectivity index (χ2v) is 5.12. The summed E-state index contributed by atoms with van der Waals surface area (Å²) in [4.78, 5) is 34.7. The van der Waals surface area contributed by atoms with Crippen LogP contribution in [0, 0.1) is 10.1 Å². The molecule has 0 aliphatic rings. The van der Waals surface area contributed by atoms with Crippen molar-refractivity contribution in [2.75, 3.05) is 13.6 Å². The Labute approximate surface area is 137 Å². The number of para-hydroxylation sites is 2. The number of hydrogen-bond acceptors (Lipinski definition) is 5. The molecule has 0 atom stereocenters. The lowest BCUT2D eigenvalue weighted by molar-refractivity contribution is -0.384. The molecule has 24 heavy (non-hydrogen) atoms. The van der Waals surface area contributed by atoms with Crippen molar-refractivity contribution in [2.24, 2.45) is 0 Å². The molecule has 0 unspecified atom stereocenters. The van der Waals surface area contributed by atoms with Gasteiger partial charge in [0.25, 0.3) is 11.6 Å². The van der Waals surface area contributed by atoms with Crippen molar-refractivity contribution in [1.29, 1.82) is 0 Å². The maximum Gasteiger partial charge on any atom is 0.303 e. The number of aliphatic carboxylic acids is 1. The summed E-state index contributed by atoms with van der Waals surface area (Å²) < 4.78 is 1.27. The summed E-state index contributed by atoms with van der Waals surface area (Å²) in [7, 11) is 1.55. The Kier molecular flexibility index (Phi) is 5.25. The van der Waals surface area contributed by atoms with Crippen molar-refractivity contribution < 1.29 is 19.6 Å². The molecule has 1 heterocycles. The van der Waals surface area contributed by atoms with Crippen LogP contribution in [-0.2, 0) is 4.79 Å². The van der Waals surface area contributed by atoms with E-state index in [2.05, 4.69) is 5.10 Å². The van der Waals surface area contributed by atoms with E-state index in [4.69, 9.17) is 5.11 Å². The normalized spacial score (nSPS) is 10.4. The number of carbonyl (C=O) groups is 2. The van der Waals surface area contributed by atoms with Crippen LogP contribution >= 0.6 is 0 Å². The van der Waals surface area contributed by atoms with E-state index in [9.17, 15) is 19.7 Å². The molecular formula is C15H16N4O5. The molecule has 0 spiro atoms. The Morgan fingerprint density at radius 2 is 2.04 bits per heavy atom. The van der Waals surface area contributed by atoms with Gasteiger partial charge in [-0.2, -0.15) is 5.10 Å². The summed E-state index contributed by atoms with van der Waals surface area (Å²) in [6, 6.07) is 7.55. The van der Waals surface area contributed by atoms with Crippen molar-refractivity contribution in [1.82, 2.24) is 14.7 Å². The minimum atomic E-state index is -0.920. The van der Waals surface area contributed by atoms with Crippen LogP contribution in [0.5, 0.6) is 0 Å². The largest absolute Gasteiger partial charge is 0.481 e. The summed E-state index contributed by atoms with van der Waals surface area (Å²) in [6.45, 7) is 0.281. The predicted molar refractivity (Wildman–Crippen MR) is 84.0 cm³/mol. The zero-order chi connectivity index (χ0) is 17.7. The first-order chi connectivity index (χ1) is 11.4. The molecule has 1 aromatic carbocycles. The van der Waals surface area contributed by atoms with E-state index in [0.717, 1.165) is 0 Å². The van der Waals surface area contributed by atoms with Crippen LogP contribution in [0.4, 0.5) is 5.69 Å². The second-order valence-electron chi connectivity index (χ2n) is 5.12. The number of nitro benzene ring substituents is 1. The van der Waals surface area contributed by atoms with Gasteiger partial charge in [-0.15, -0.1) is 0 Å². The molecule has 1 aromatic heterocycles. The number of carboxylic acids is 1. The van der Waals surface area contributed by atoms with E-state index in [0.29, 0.717) is 6.42 Å². The molecule has 0 saturated carbocycles. The highest BCUT2D eigenvalue weighted by molar-refractivity contribution is 5.92. The van der Waals surface area contributed by atoms with Crippen LogP contribution in [0.3, 0.4) is 0 Å². The summed E-state index contributed by atoms with van der Waals surface area (Å²) in [5, 5.41) is 23.8. The van der Waals surface area contributed by atoms with Crippen molar-refractivity contribution in [3.63, 3.8) is 0 Å². The van der Waals surface area contributed by atoms with E-state index in [1.54, 1.807) is 19.2 Å². The number of benzene rings is 1. The van der Waals surface area contributed by atoms with Crippen LogP contribution in [0.2, 0.25) is 0 Å². The fourth-order valence-corrected chi connectivity index (χ4v) is 2.15. The van der Waals surface area contributed by atoms with Gasteiger partial charge < -0.3 is 10.0 Å². The Hall–Kier alpha value is -3.23. The molecule has 9 nitrogen and oxygen atoms in total. The third kappa shape index (κ3) is 3.94. The van der Waals surface area contributed by atoms with Gasteiger partial charge in [0.15, 0.2) is 5.69 Å². The summed E-state index contributed by atoms with van der Waals surface area (Å²) in [6.07, 6.45) is 1.78. The highest BCUT2D eigenvalue weighted by Crippen LogP contribution is 2.21. The van der Waals surface area contributed by atoms with Gasteiger partial charge >= 0.3 is 5.97 Å². The highest BCUT2D eigenvalue weighted by Gasteiger charge is 2.19. The van der Waals surface area contributed by atoms with Gasteiger partial charge in [0, 0.05) is 32.3 Å². The van der Waals surface area contributed by atoms with Gasteiger partial charge in [-0.1, -0.05) is 12.1 Å². The molecule has 0 saturated heterocycles. The smallest absolute Gasteiger partial charge is 0.303 e. The number of carbonyl (C=O) groups excluding carboxylic acids is 1. The molecule has 1 amide bonds. The standard InChI is InChI=1S/C15H16N4O5/c1-17(9-4-7-14(20)21)15(22)11-8-10-18(16-11)12-5-2-3-6-13(12)19(23)24/h2-3,5-6,8,10H,4,7,9H2,1H3,(H,20,21). The van der Waals surface area contributed by atoms with Crippen molar-refractivity contribution in [2.45, 2.75) is 12.8 Å². The van der Waals surface area contributed by atoms with Crippen LogP contribution in [0.15, 0.2) is 36.5 Å². The number of carboxylic acid groups (broad SMARTS) is 1. The fraction of sp³-hybridized carbons (Fsp3) is 0.267. The Balaban J connectivity index is 2.14. The topological polar surface area (TPSA) is 119 Å². The molecule has 9 heteroatoms. The highest BCUT2D eigenvalue weighted by atomic mass is 16.6. The average molecular weight is 332 g/mol. The maximum atomic E-state index is 12.3. The summed E-state index contributed by atoms with van der Waals surface area (Å²) >= 11 is 0. The molecule has 2 aromatic rings. The van der Waals surface area contributed by atoms with Gasteiger partial charge in [-0.3, -0.25) is 19.7 Å². The van der Waals surface area contributed by atoms with Crippen molar-refractivity contribution in [3.8, 4) is 5.69 Å². The molecular weight excluding hydrogens is 316 g/mol. The minimum Gasteiger partial charge on any atom is -0.481 e. The monoisotopic (exact) mass is 332 g/mol. The van der Waals surface area contributed by atoms with Gasteiger partial charge in [0.1, 0.15) is 5.69 Å². The number of nitro groups is 1. The third-order valence-electron chi connectivity index (χ3n) is 3.36. The van der Waals surface area contributed by atoms with Crippen LogP contribution in [0.1, 0.15) is 23.3 Å². The lowest BCUT2D eigenvalue weighted by Crippen LogP contribution is -2.28. The van der Waals surface area contributed by atoms with Crippen molar-refractivity contribution in [3.05, 3.63) is 52.3 Å². The first-order valence-corrected chi connectivity index (χ1v) is 7.17. The summed E-state index contributed by atoms with van der Waals surface area (Å²) in [5.74, 6) is -1.30. The first-order valence-electron chi connectivity index (χ1n) is 7.17. The van der Waals surface area contributed by atoms with Crippen LogP contribution in [-0.4, -0.2) is 50.2 Å². The first kappa shape index (κ1) is 17.1. The Morgan fingerprint density at radius 1 is 1.33 bits per heavy atom. The molecule has 2 rings (SSSR count). The van der Waals surface area contributed by atoms with Gasteiger partial charge in [0.05, 0.1) is 4.92 Å². The predicted octanol–water partition coefficient (Wildman–Crippen LogP) is 1.72. The maximum absolute atomic E-state index is 12.3. The molecule has 0 aliphatic heterocycles. The molecule has 0 fully saturated rings.